The van der Waals surface area contributed by atoms with Gasteiger partial charge in [-0.3, -0.25) is 9.69 Å². The summed E-state index contributed by atoms with van der Waals surface area (Å²) in [6, 6.07) is 8.26. The Hall–Kier alpha value is -1.42. The van der Waals surface area contributed by atoms with Gasteiger partial charge in [0.05, 0.1) is 0 Å². The molecule has 2 saturated heterocycles. The highest BCUT2D eigenvalue weighted by Gasteiger charge is 2.38. The molecule has 22 heavy (non-hydrogen) atoms. The molecule has 2 unspecified atom stereocenters. The molecular formula is C18H25FN2O. The van der Waals surface area contributed by atoms with E-state index < -0.39 is 0 Å². The molecule has 2 heterocycles. The topological polar surface area (TPSA) is 32.3 Å². The maximum absolute atomic E-state index is 13.0. The largest absolute Gasteiger partial charge is 0.353 e. The molecule has 2 aliphatic rings. The van der Waals surface area contributed by atoms with Gasteiger partial charge in [-0.05, 0) is 43.4 Å². The van der Waals surface area contributed by atoms with E-state index in [1.807, 2.05) is 19.1 Å². The lowest BCUT2D eigenvalue weighted by Gasteiger charge is -2.49. The first-order valence-corrected chi connectivity index (χ1v) is 8.45. The minimum absolute atomic E-state index is 0.162. The van der Waals surface area contributed by atoms with Crippen molar-refractivity contribution in [1.82, 2.24) is 10.2 Å². The number of carbonyl (C=O) groups is 1. The fourth-order valence-electron chi connectivity index (χ4n) is 3.98. The third kappa shape index (κ3) is 3.49. The lowest BCUT2D eigenvalue weighted by atomic mass is 9.81. The van der Waals surface area contributed by atoms with Gasteiger partial charge in [-0.25, -0.2) is 4.39 Å². The van der Waals surface area contributed by atoms with Gasteiger partial charge in [-0.2, -0.15) is 0 Å². The Bertz CT molecular complexity index is 502. The molecule has 2 aliphatic heterocycles. The summed E-state index contributed by atoms with van der Waals surface area (Å²) in [5.41, 5.74) is 1.18. The van der Waals surface area contributed by atoms with Gasteiger partial charge in [0.2, 0.25) is 5.91 Å². The number of hydrogen-bond acceptors (Lipinski definition) is 2. The number of halogens is 1. The monoisotopic (exact) mass is 304 g/mol. The predicted molar refractivity (Wildman–Crippen MR) is 84.8 cm³/mol. The molecule has 4 heteroatoms. The van der Waals surface area contributed by atoms with E-state index in [9.17, 15) is 9.18 Å². The summed E-state index contributed by atoms with van der Waals surface area (Å²) in [7, 11) is 0. The fraction of sp³-hybridized carbons (Fsp3) is 0.611. The maximum atomic E-state index is 13.0. The quantitative estimate of drug-likeness (QED) is 0.926. The first-order chi connectivity index (χ1) is 10.7. The lowest BCUT2D eigenvalue weighted by molar-refractivity contribution is -0.122. The van der Waals surface area contributed by atoms with Crippen LogP contribution in [-0.4, -0.2) is 28.9 Å². The second kappa shape index (κ2) is 6.78. The molecule has 0 spiro atoms. The summed E-state index contributed by atoms with van der Waals surface area (Å²) in [6.07, 6.45) is 6.34. The van der Waals surface area contributed by atoms with Gasteiger partial charge in [0.15, 0.2) is 0 Å². The van der Waals surface area contributed by atoms with Crippen molar-refractivity contribution in [2.45, 2.75) is 70.1 Å². The molecule has 0 radical (unpaired) electrons. The van der Waals surface area contributed by atoms with E-state index in [-0.39, 0.29) is 11.7 Å². The second-order valence-electron chi connectivity index (χ2n) is 6.63. The molecule has 1 aromatic carbocycles. The smallest absolute Gasteiger partial charge is 0.219 e. The molecule has 120 valence electrons. The van der Waals surface area contributed by atoms with E-state index in [0.29, 0.717) is 24.5 Å². The Morgan fingerprint density at radius 1 is 1.23 bits per heavy atom. The van der Waals surface area contributed by atoms with E-state index >= 15 is 0 Å². The van der Waals surface area contributed by atoms with Crippen molar-refractivity contribution in [2.24, 2.45) is 0 Å². The van der Waals surface area contributed by atoms with E-state index in [4.69, 9.17) is 0 Å². The number of rotatable bonds is 4. The third-order valence-corrected chi connectivity index (χ3v) is 5.09. The van der Waals surface area contributed by atoms with Gasteiger partial charge in [0.1, 0.15) is 5.82 Å². The number of fused-ring (bicyclic) bond motifs is 2. The number of piperidine rings is 2. The standard InChI is InChI=1S/C18H25FN2O/c1-2-18(22)20-15-10-16-4-3-5-17(11-15)21(16)12-13-6-8-14(19)9-7-13/h6-9,15-17H,2-5,10-12H2,1H3,(H,20,22). The van der Waals surface area contributed by atoms with Crippen molar-refractivity contribution < 1.29 is 9.18 Å². The molecule has 0 aromatic heterocycles. The van der Waals surface area contributed by atoms with Gasteiger partial charge in [-0.15, -0.1) is 0 Å². The third-order valence-electron chi connectivity index (χ3n) is 5.09. The van der Waals surface area contributed by atoms with Gasteiger partial charge in [-0.1, -0.05) is 25.5 Å². The number of benzene rings is 1. The predicted octanol–water partition coefficient (Wildman–Crippen LogP) is 3.24. The lowest BCUT2D eigenvalue weighted by Crippen LogP contribution is -2.56. The Balaban J connectivity index is 1.66. The van der Waals surface area contributed by atoms with Crippen LogP contribution < -0.4 is 5.32 Å². The zero-order chi connectivity index (χ0) is 15.5. The van der Waals surface area contributed by atoms with Crippen molar-refractivity contribution >= 4 is 5.91 Å². The zero-order valence-electron chi connectivity index (χ0n) is 13.2. The molecule has 1 aromatic rings. The van der Waals surface area contributed by atoms with Gasteiger partial charge < -0.3 is 5.32 Å². The molecule has 0 saturated carbocycles. The van der Waals surface area contributed by atoms with Gasteiger partial charge >= 0.3 is 0 Å². The molecule has 2 fully saturated rings. The average Bonchev–Trinajstić information content (AvgIpc) is 2.50. The highest BCUT2D eigenvalue weighted by molar-refractivity contribution is 5.75. The Morgan fingerprint density at radius 2 is 1.86 bits per heavy atom. The van der Waals surface area contributed by atoms with Crippen LogP contribution in [0.3, 0.4) is 0 Å². The van der Waals surface area contributed by atoms with Gasteiger partial charge in [0.25, 0.3) is 0 Å². The number of amides is 1. The fourth-order valence-corrected chi connectivity index (χ4v) is 3.98. The van der Waals surface area contributed by atoms with E-state index in [0.717, 1.165) is 19.4 Å². The minimum Gasteiger partial charge on any atom is -0.353 e. The van der Waals surface area contributed by atoms with Crippen LogP contribution in [0.15, 0.2) is 24.3 Å². The first kappa shape index (κ1) is 15.5. The van der Waals surface area contributed by atoms with Crippen LogP contribution in [0, 0.1) is 5.82 Å². The summed E-state index contributed by atoms with van der Waals surface area (Å²) in [5.74, 6) is -0.0139. The normalized spacial score (nSPS) is 28.4. The van der Waals surface area contributed by atoms with E-state index in [2.05, 4.69) is 10.2 Å². The van der Waals surface area contributed by atoms with Crippen LogP contribution in [0.5, 0.6) is 0 Å². The Labute approximate surface area is 131 Å². The Kier molecular flexibility index (Phi) is 4.77. The number of carbonyl (C=O) groups excluding carboxylic acids is 1. The molecule has 0 aliphatic carbocycles. The van der Waals surface area contributed by atoms with Crippen LogP contribution in [0.25, 0.3) is 0 Å². The van der Waals surface area contributed by atoms with Crippen LogP contribution >= 0.6 is 0 Å². The second-order valence-corrected chi connectivity index (χ2v) is 6.63. The van der Waals surface area contributed by atoms with Crippen LogP contribution in [0.4, 0.5) is 4.39 Å². The van der Waals surface area contributed by atoms with Crippen LogP contribution in [-0.2, 0) is 11.3 Å². The zero-order valence-corrected chi connectivity index (χ0v) is 13.2. The summed E-state index contributed by atoms with van der Waals surface area (Å²) in [5, 5.41) is 3.17. The molecule has 1 amide bonds. The molecular weight excluding hydrogens is 279 g/mol. The summed E-state index contributed by atoms with van der Waals surface area (Å²) in [6.45, 7) is 2.80. The number of nitrogens with zero attached hydrogens (tertiary/aromatic N) is 1. The summed E-state index contributed by atoms with van der Waals surface area (Å²) >= 11 is 0. The maximum Gasteiger partial charge on any atom is 0.219 e. The minimum atomic E-state index is -0.176. The highest BCUT2D eigenvalue weighted by Crippen LogP contribution is 2.35. The highest BCUT2D eigenvalue weighted by atomic mass is 19.1. The molecule has 2 bridgehead atoms. The summed E-state index contributed by atoms with van der Waals surface area (Å²) in [4.78, 5) is 14.2. The molecule has 3 nitrogen and oxygen atoms in total. The molecule has 2 atom stereocenters. The van der Waals surface area contributed by atoms with Crippen molar-refractivity contribution in [3.63, 3.8) is 0 Å². The SMILES string of the molecule is CCC(=O)NC1CC2CCCC(C1)N2Cc1ccc(F)cc1. The van der Waals surface area contributed by atoms with E-state index in [1.54, 1.807) is 12.1 Å². The summed E-state index contributed by atoms with van der Waals surface area (Å²) < 4.78 is 13.0. The average molecular weight is 304 g/mol. The van der Waals surface area contributed by atoms with E-state index in [1.165, 1.54) is 24.8 Å². The molecule has 3 rings (SSSR count). The number of nitrogens with one attached hydrogen (secondary N) is 1. The van der Waals surface area contributed by atoms with Gasteiger partial charge in [0, 0.05) is 31.1 Å². The number of hydrogen-bond donors (Lipinski definition) is 1. The first-order valence-electron chi connectivity index (χ1n) is 8.45. The van der Waals surface area contributed by atoms with Crippen molar-refractivity contribution in [2.75, 3.05) is 0 Å². The van der Waals surface area contributed by atoms with Crippen molar-refractivity contribution in [3.05, 3.63) is 35.6 Å². The van der Waals surface area contributed by atoms with Crippen molar-refractivity contribution in [1.29, 1.82) is 0 Å². The molecule has 1 N–H and O–H groups in total. The van der Waals surface area contributed by atoms with Crippen LogP contribution in [0.1, 0.15) is 51.0 Å². The Morgan fingerprint density at radius 3 is 2.45 bits per heavy atom. The van der Waals surface area contributed by atoms with Crippen LogP contribution in [0.2, 0.25) is 0 Å². The van der Waals surface area contributed by atoms with Crippen molar-refractivity contribution in [3.8, 4) is 0 Å².